The average molecular weight is 331 g/mol. The number of benzene rings is 2. The van der Waals surface area contributed by atoms with E-state index in [-0.39, 0.29) is 30.7 Å². The molecule has 2 N–H and O–H groups in total. The smallest absolute Gasteiger partial charge is 0.224 e. The average Bonchev–Trinajstić information content (AvgIpc) is 2.56. The zero-order valence-electron chi connectivity index (χ0n) is 13.9. The molecule has 2 rings (SSSR count). The molecule has 24 heavy (non-hydrogen) atoms. The van der Waals surface area contributed by atoms with Gasteiger partial charge in [0.05, 0.1) is 13.2 Å². The van der Waals surface area contributed by atoms with Crippen LogP contribution >= 0.6 is 0 Å². The molecule has 2 aromatic carbocycles. The lowest BCUT2D eigenvalue weighted by Crippen LogP contribution is -2.14. The molecule has 0 aromatic heterocycles. The summed E-state index contributed by atoms with van der Waals surface area (Å²) in [5.74, 6) is 0.0329. The second-order valence-electron chi connectivity index (χ2n) is 5.62. The van der Waals surface area contributed by atoms with Gasteiger partial charge in [-0.2, -0.15) is 0 Å². The Morgan fingerprint density at radius 1 is 1.29 bits per heavy atom. The van der Waals surface area contributed by atoms with Crippen molar-refractivity contribution in [2.24, 2.45) is 0 Å². The first-order chi connectivity index (χ1) is 11.5. The minimum atomic E-state index is -0.307. The molecule has 0 radical (unpaired) electrons. The van der Waals surface area contributed by atoms with E-state index in [4.69, 9.17) is 4.74 Å². The van der Waals surface area contributed by atoms with Crippen LogP contribution in [0.15, 0.2) is 42.5 Å². The number of carbonyl (C=O) groups excluding carboxylic acids is 1. The highest BCUT2D eigenvalue weighted by atomic mass is 19.1. The summed E-state index contributed by atoms with van der Waals surface area (Å²) >= 11 is 0. The Morgan fingerprint density at radius 2 is 2.08 bits per heavy atom. The highest BCUT2D eigenvalue weighted by Gasteiger charge is 2.13. The number of rotatable bonds is 7. The first kappa shape index (κ1) is 17.9. The van der Waals surface area contributed by atoms with Crippen LogP contribution in [0.4, 0.5) is 10.1 Å². The molecule has 2 aromatic rings. The van der Waals surface area contributed by atoms with Gasteiger partial charge in [-0.3, -0.25) is 4.79 Å². The van der Waals surface area contributed by atoms with E-state index in [9.17, 15) is 14.3 Å². The summed E-state index contributed by atoms with van der Waals surface area (Å²) in [5, 5.41) is 12.2. The van der Waals surface area contributed by atoms with Crippen molar-refractivity contribution < 1.29 is 19.0 Å². The van der Waals surface area contributed by atoms with Gasteiger partial charge >= 0.3 is 0 Å². The number of aliphatic hydroxyl groups excluding tert-OH is 1. The van der Waals surface area contributed by atoms with Crippen LogP contribution in [0.5, 0.6) is 5.75 Å². The summed E-state index contributed by atoms with van der Waals surface area (Å²) < 4.78 is 18.7. The number of hydrogen-bond donors (Lipinski definition) is 2. The van der Waals surface area contributed by atoms with E-state index in [1.807, 2.05) is 19.9 Å². The lowest BCUT2D eigenvalue weighted by molar-refractivity contribution is -0.116. The van der Waals surface area contributed by atoms with Crippen molar-refractivity contribution in [3.63, 3.8) is 0 Å². The number of nitrogens with one attached hydrogen (secondary N) is 1. The summed E-state index contributed by atoms with van der Waals surface area (Å²) in [6.07, 6.45) is 0.241. The first-order valence-corrected chi connectivity index (χ1v) is 7.95. The molecule has 128 valence electrons. The minimum Gasteiger partial charge on any atom is -0.494 e. The van der Waals surface area contributed by atoms with Gasteiger partial charge in [-0.05, 0) is 48.7 Å². The Morgan fingerprint density at radius 3 is 2.75 bits per heavy atom. The third kappa shape index (κ3) is 4.80. The molecular formula is C19H22FNO3. The highest BCUT2D eigenvalue weighted by Crippen LogP contribution is 2.24. The molecule has 0 heterocycles. The molecule has 5 heteroatoms. The van der Waals surface area contributed by atoms with Gasteiger partial charge in [0.15, 0.2) is 0 Å². The van der Waals surface area contributed by atoms with E-state index in [2.05, 4.69) is 5.32 Å². The quantitative estimate of drug-likeness (QED) is 0.810. The Hall–Kier alpha value is -2.40. The van der Waals surface area contributed by atoms with Gasteiger partial charge in [0.1, 0.15) is 11.6 Å². The van der Waals surface area contributed by atoms with Crippen molar-refractivity contribution in [1.29, 1.82) is 0 Å². The number of carbonyl (C=O) groups is 1. The monoisotopic (exact) mass is 331 g/mol. The molecule has 0 aliphatic heterocycles. The van der Waals surface area contributed by atoms with E-state index in [1.165, 1.54) is 12.1 Å². The third-order valence-corrected chi connectivity index (χ3v) is 3.72. The van der Waals surface area contributed by atoms with E-state index in [0.717, 1.165) is 5.56 Å². The van der Waals surface area contributed by atoms with Crippen molar-refractivity contribution in [2.75, 3.05) is 11.9 Å². The molecule has 0 bridgehead atoms. The molecule has 0 spiro atoms. The molecule has 0 saturated carbocycles. The van der Waals surface area contributed by atoms with Gasteiger partial charge in [-0.25, -0.2) is 4.39 Å². The number of hydrogen-bond acceptors (Lipinski definition) is 3. The summed E-state index contributed by atoms with van der Waals surface area (Å²) in [4.78, 5) is 12.2. The highest BCUT2D eigenvalue weighted by molar-refractivity contribution is 5.91. The molecule has 0 saturated heterocycles. The molecule has 1 atom stereocenters. The summed E-state index contributed by atoms with van der Waals surface area (Å²) in [5.41, 5.74) is 2.00. The molecule has 0 aliphatic carbocycles. The van der Waals surface area contributed by atoms with Gasteiger partial charge < -0.3 is 15.2 Å². The van der Waals surface area contributed by atoms with E-state index in [1.54, 1.807) is 24.3 Å². The Kier molecular flexibility index (Phi) is 6.32. The molecule has 0 aliphatic rings. The molecule has 1 unspecified atom stereocenters. The lowest BCUT2D eigenvalue weighted by Gasteiger charge is -2.14. The fourth-order valence-corrected chi connectivity index (χ4v) is 2.50. The van der Waals surface area contributed by atoms with E-state index >= 15 is 0 Å². The minimum absolute atomic E-state index is 0.0966. The van der Waals surface area contributed by atoms with Crippen molar-refractivity contribution in [3.8, 4) is 5.75 Å². The second kappa shape index (κ2) is 8.45. The molecule has 1 amide bonds. The Bertz CT molecular complexity index is 703. The van der Waals surface area contributed by atoms with Crippen LogP contribution < -0.4 is 10.1 Å². The van der Waals surface area contributed by atoms with Gasteiger partial charge in [0, 0.05) is 17.7 Å². The normalized spacial score (nSPS) is 11.8. The number of aliphatic hydroxyl groups is 1. The van der Waals surface area contributed by atoms with Gasteiger partial charge in [-0.15, -0.1) is 0 Å². The SMILES string of the molecule is CCOc1ccc(NC(=O)CC(C)c2cccc(F)c2)cc1CO. The predicted molar refractivity (Wildman–Crippen MR) is 91.6 cm³/mol. The van der Waals surface area contributed by atoms with Gasteiger partial charge in [0.2, 0.25) is 5.91 Å². The standard InChI is InChI=1S/C19H22FNO3/c1-3-24-18-8-7-17(11-15(18)12-22)21-19(23)9-13(2)14-5-4-6-16(20)10-14/h4-8,10-11,13,22H,3,9,12H2,1-2H3,(H,21,23). The van der Waals surface area contributed by atoms with E-state index < -0.39 is 0 Å². The van der Waals surface area contributed by atoms with Crippen molar-refractivity contribution in [2.45, 2.75) is 32.8 Å². The fraction of sp³-hybridized carbons (Fsp3) is 0.316. The van der Waals surface area contributed by atoms with E-state index in [0.29, 0.717) is 23.6 Å². The maximum absolute atomic E-state index is 13.3. The fourth-order valence-electron chi connectivity index (χ4n) is 2.50. The summed E-state index contributed by atoms with van der Waals surface area (Å²) in [6, 6.07) is 11.4. The topological polar surface area (TPSA) is 58.6 Å². The lowest BCUT2D eigenvalue weighted by atomic mass is 9.97. The van der Waals surface area contributed by atoms with Gasteiger partial charge in [-0.1, -0.05) is 19.1 Å². The van der Waals surface area contributed by atoms with Crippen LogP contribution in [0.25, 0.3) is 0 Å². The van der Waals surface area contributed by atoms with Crippen LogP contribution in [0, 0.1) is 5.82 Å². The Balaban J connectivity index is 2.01. The number of anilines is 1. The van der Waals surface area contributed by atoms with Crippen LogP contribution in [-0.2, 0) is 11.4 Å². The zero-order chi connectivity index (χ0) is 17.5. The van der Waals surface area contributed by atoms with Crippen molar-refractivity contribution >= 4 is 11.6 Å². The largest absolute Gasteiger partial charge is 0.494 e. The maximum atomic E-state index is 13.3. The van der Waals surface area contributed by atoms with Gasteiger partial charge in [0.25, 0.3) is 0 Å². The van der Waals surface area contributed by atoms with Crippen LogP contribution in [0.1, 0.15) is 37.3 Å². The second-order valence-corrected chi connectivity index (χ2v) is 5.62. The molecule has 4 nitrogen and oxygen atoms in total. The Labute approximate surface area is 141 Å². The number of halogens is 1. The maximum Gasteiger partial charge on any atom is 0.224 e. The van der Waals surface area contributed by atoms with Crippen molar-refractivity contribution in [1.82, 2.24) is 0 Å². The van der Waals surface area contributed by atoms with Crippen LogP contribution in [-0.4, -0.2) is 17.6 Å². The first-order valence-electron chi connectivity index (χ1n) is 7.95. The van der Waals surface area contributed by atoms with Crippen LogP contribution in [0.3, 0.4) is 0 Å². The molecule has 0 fully saturated rings. The molecular weight excluding hydrogens is 309 g/mol. The zero-order valence-corrected chi connectivity index (χ0v) is 13.9. The van der Waals surface area contributed by atoms with Crippen LogP contribution in [0.2, 0.25) is 0 Å². The summed E-state index contributed by atoms with van der Waals surface area (Å²) in [6.45, 7) is 4.08. The van der Waals surface area contributed by atoms with Crippen molar-refractivity contribution in [3.05, 3.63) is 59.4 Å². The predicted octanol–water partition coefficient (Wildman–Crippen LogP) is 3.85. The number of amides is 1. The summed E-state index contributed by atoms with van der Waals surface area (Å²) in [7, 11) is 0. The number of ether oxygens (including phenoxy) is 1. The third-order valence-electron chi connectivity index (χ3n) is 3.72.